The maximum atomic E-state index is 13.3. The highest BCUT2D eigenvalue weighted by atomic mass is 16.5. The fourth-order valence-electron chi connectivity index (χ4n) is 6.08. The second kappa shape index (κ2) is 5.76. The van der Waals surface area contributed by atoms with E-state index < -0.39 is 0 Å². The van der Waals surface area contributed by atoms with E-state index in [1.54, 1.807) is 7.11 Å². The molecule has 1 saturated heterocycles. The SMILES string of the molecule is COCC(=O)N1CCN(C(=O)C23CC4CC(CC(C4)C2)C3)CC1. The molecule has 5 rings (SSSR count). The number of hydrogen-bond acceptors (Lipinski definition) is 3. The summed E-state index contributed by atoms with van der Waals surface area (Å²) in [6.07, 6.45) is 7.48. The van der Waals surface area contributed by atoms with Crippen molar-refractivity contribution in [2.45, 2.75) is 38.5 Å². The third-order valence-electron chi connectivity index (χ3n) is 6.68. The Balaban J connectivity index is 1.40. The van der Waals surface area contributed by atoms with Crippen LogP contribution in [0.1, 0.15) is 38.5 Å². The second-order valence-electron chi connectivity index (χ2n) is 8.30. The Bertz CT molecular complexity index is 461. The molecule has 4 bridgehead atoms. The molecular weight excluding hydrogens is 292 g/mol. The van der Waals surface area contributed by atoms with E-state index in [1.165, 1.54) is 19.3 Å². The van der Waals surface area contributed by atoms with Crippen molar-refractivity contribution in [3.05, 3.63) is 0 Å². The van der Waals surface area contributed by atoms with Gasteiger partial charge >= 0.3 is 0 Å². The van der Waals surface area contributed by atoms with Crippen molar-refractivity contribution in [1.29, 1.82) is 0 Å². The fraction of sp³-hybridized carbons (Fsp3) is 0.889. The summed E-state index contributed by atoms with van der Waals surface area (Å²) in [7, 11) is 1.55. The quantitative estimate of drug-likeness (QED) is 0.792. The molecule has 5 nitrogen and oxygen atoms in total. The summed E-state index contributed by atoms with van der Waals surface area (Å²) in [4.78, 5) is 29.0. The molecule has 23 heavy (non-hydrogen) atoms. The average Bonchev–Trinajstić information content (AvgIpc) is 2.53. The number of amides is 2. The number of carbonyl (C=O) groups excluding carboxylic acids is 2. The molecule has 4 aliphatic carbocycles. The van der Waals surface area contributed by atoms with Crippen LogP contribution in [-0.2, 0) is 14.3 Å². The maximum Gasteiger partial charge on any atom is 0.248 e. The zero-order valence-corrected chi connectivity index (χ0v) is 14.1. The summed E-state index contributed by atoms with van der Waals surface area (Å²) < 4.78 is 4.92. The van der Waals surface area contributed by atoms with Crippen LogP contribution in [0, 0.1) is 23.2 Å². The maximum absolute atomic E-state index is 13.3. The minimum Gasteiger partial charge on any atom is -0.375 e. The lowest BCUT2D eigenvalue weighted by atomic mass is 9.49. The Kier molecular flexibility index (Phi) is 3.87. The Morgan fingerprint density at radius 3 is 1.87 bits per heavy atom. The lowest BCUT2D eigenvalue weighted by Gasteiger charge is -2.57. The van der Waals surface area contributed by atoms with Crippen molar-refractivity contribution >= 4 is 11.8 Å². The van der Waals surface area contributed by atoms with Gasteiger partial charge in [-0.3, -0.25) is 9.59 Å². The van der Waals surface area contributed by atoms with Crippen molar-refractivity contribution in [1.82, 2.24) is 9.80 Å². The van der Waals surface area contributed by atoms with Crippen molar-refractivity contribution < 1.29 is 14.3 Å². The van der Waals surface area contributed by atoms with E-state index in [9.17, 15) is 9.59 Å². The lowest BCUT2D eigenvalue weighted by Crippen LogP contribution is -2.58. The van der Waals surface area contributed by atoms with Gasteiger partial charge < -0.3 is 14.5 Å². The number of carbonyl (C=O) groups is 2. The Morgan fingerprint density at radius 2 is 1.39 bits per heavy atom. The van der Waals surface area contributed by atoms with Gasteiger partial charge in [0.15, 0.2) is 0 Å². The van der Waals surface area contributed by atoms with Crippen LogP contribution in [0.4, 0.5) is 0 Å². The van der Waals surface area contributed by atoms with Gasteiger partial charge in [0.2, 0.25) is 11.8 Å². The molecule has 0 spiro atoms. The molecule has 0 atom stereocenters. The molecular formula is C18H28N2O3. The van der Waals surface area contributed by atoms with Crippen LogP contribution in [0.5, 0.6) is 0 Å². The van der Waals surface area contributed by atoms with Crippen LogP contribution in [-0.4, -0.2) is 61.5 Å². The standard InChI is InChI=1S/C18H28N2O3/c1-23-12-16(21)19-2-4-20(5-3-19)17(22)18-9-13-6-14(10-18)8-15(7-13)11-18/h13-15H,2-12H2,1H3. The number of piperazine rings is 1. The van der Waals surface area contributed by atoms with Crippen LogP contribution >= 0.6 is 0 Å². The molecule has 5 fully saturated rings. The number of hydrogen-bond donors (Lipinski definition) is 0. The van der Waals surface area contributed by atoms with Crippen molar-refractivity contribution in [3.63, 3.8) is 0 Å². The molecule has 0 unspecified atom stereocenters. The Morgan fingerprint density at radius 1 is 0.913 bits per heavy atom. The van der Waals surface area contributed by atoms with Crippen LogP contribution in [0.25, 0.3) is 0 Å². The summed E-state index contributed by atoms with van der Waals surface area (Å²) in [6, 6.07) is 0. The molecule has 1 heterocycles. The summed E-state index contributed by atoms with van der Waals surface area (Å²) in [5.74, 6) is 2.84. The largest absolute Gasteiger partial charge is 0.375 e. The van der Waals surface area contributed by atoms with Crippen LogP contribution in [0.3, 0.4) is 0 Å². The first-order chi connectivity index (χ1) is 11.1. The van der Waals surface area contributed by atoms with Crippen LogP contribution in [0.2, 0.25) is 0 Å². The zero-order valence-electron chi connectivity index (χ0n) is 14.1. The molecule has 4 saturated carbocycles. The van der Waals surface area contributed by atoms with E-state index in [4.69, 9.17) is 4.74 Å². The topological polar surface area (TPSA) is 49.9 Å². The first-order valence-corrected chi connectivity index (χ1v) is 9.16. The molecule has 2 amide bonds. The monoisotopic (exact) mass is 320 g/mol. The third-order valence-corrected chi connectivity index (χ3v) is 6.68. The van der Waals surface area contributed by atoms with E-state index in [0.717, 1.165) is 37.0 Å². The number of methoxy groups -OCH3 is 1. The summed E-state index contributed by atoms with van der Waals surface area (Å²) in [5, 5.41) is 0. The first-order valence-electron chi connectivity index (χ1n) is 9.16. The molecule has 128 valence electrons. The minimum absolute atomic E-state index is 0.0365. The van der Waals surface area contributed by atoms with Crippen LogP contribution < -0.4 is 0 Å². The van der Waals surface area contributed by atoms with Crippen molar-refractivity contribution in [2.75, 3.05) is 39.9 Å². The number of nitrogens with zero attached hydrogens (tertiary/aromatic N) is 2. The first kappa shape index (κ1) is 15.4. The molecule has 5 aliphatic rings. The van der Waals surface area contributed by atoms with Crippen molar-refractivity contribution in [3.8, 4) is 0 Å². The number of rotatable bonds is 3. The van der Waals surface area contributed by atoms with Gasteiger partial charge in [-0.1, -0.05) is 0 Å². The highest BCUT2D eigenvalue weighted by molar-refractivity contribution is 5.84. The molecule has 1 aliphatic heterocycles. The summed E-state index contributed by atoms with van der Waals surface area (Å²) >= 11 is 0. The van der Waals surface area contributed by atoms with E-state index in [2.05, 4.69) is 0 Å². The molecule has 0 aromatic rings. The molecule has 0 N–H and O–H groups in total. The zero-order chi connectivity index (χ0) is 16.0. The predicted octanol–water partition coefficient (Wildman–Crippen LogP) is 1.52. The van der Waals surface area contributed by atoms with E-state index in [0.29, 0.717) is 32.1 Å². The Labute approximate surface area is 138 Å². The van der Waals surface area contributed by atoms with E-state index in [-0.39, 0.29) is 17.9 Å². The van der Waals surface area contributed by atoms with Gasteiger partial charge in [-0.25, -0.2) is 0 Å². The number of ether oxygens (including phenoxy) is 1. The van der Waals surface area contributed by atoms with E-state index in [1.807, 2.05) is 9.80 Å². The molecule has 0 aromatic carbocycles. The van der Waals surface area contributed by atoms with Gasteiger partial charge in [-0.15, -0.1) is 0 Å². The Hall–Kier alpha value is -1.10. The third kappa shape index (κ3) is 2.67. The minimum atomic E-state index is -0.0482. The molecule has 0 radical (unpaired) electrons. The van der Waals surface area contributed by atoms with Gasteiger partial charge in [0, 0.05) is 33.3 Å². The highest BCUT2D eigenvalue weighted by Gasteiger charge is 2.55. The summed E-state index contributed by atoms with van der Waals surface area (Å²) in [6.45, 7) is 2.83. The van der Waals surface area contributed by atoms with Gasteiger partial charge in [-0.2, -0.15) is 0 Å². The summed E-state index contributed by atoms with van der Waals surface area (Å²) in [5.41, 5.74) is -0.0482. The van der Waals surface area contributed by atoms with Gasteiger partial charge in [0.25, 0.3) is 0 Å². The smallest absolute Gasteiger partial charge is 0.248 e. The lowest BCUT2D eigenvalue weighted by molar-refractivity contribution is -0.161. The highest BCUT2D eigenvalue weighted by Crippen LogP contribution is 2.60. The van der Waals surface area contributed by atoms with Gasteiger partial charge in [0.05, 0.1) is 5.41 Å². The predicted molar refractivity (Wildman–Crippen MR) is 85.6 cm³/mol. The molecule has 5 heteroatoms. The van der Waals surface area contributed by atoms with Gasteiger partial charge in [0.1, 0.15) is 6.61 Å². The van der Waals surface area contributed by atoms with Crippen molar-refractivity contribution in [2.24, 2.45) is 23.2 Å². The fourth-order valence-corrected chi connectivity index (χ4v) is 6.08. The normalized spacial score (nSPS) is 38.9. The van der Waals surface area contributed by atoms with Crippen LogP contribution in [0.15, 0.2) is 0 Å². The molecule has 0 aromatic heterocycles. The van der Waals surface area contributed by atoms with Gasteiger partial charge in [-0.05, 0) is 56.3 Å². The van der Waals surface area contributed by atoms with E-state index >= 15 is 0 Å². The second-order valence-corrected chi connectivity index (χ2v) is 8.30. The average molecular weight is 320 g/mol.